The van der Waals surface area contributed by atoms with Crippen molar-refractivity contribution in [2.24, 2.45) is 5.92 Å². The zero-order valence-corrected chi connectivity index (χ0v) is 18.8. The monoisotopic (exact) mass is 422 g/mol. The van der Waals surface area contributed by atoms with Gasteiger partial charge in [-0.05, 0) is 88.4 Å². The Morgan fingerprint density at radius 3 is 2.71 bits per heavy atom. The average molecular weight is 423 g/mol. The zero-order valence-electron chi connectivity index (χ0n) is 18.8. The van der Waals surface area contributed by atoms with Gasteiger partial charge in [-0.1, -0.05) is 18.2 Å². The number of piperidine rings is 1. The van der Waals surface area contributed by atoms with Crippen LogP contribution in [0.5, 0.6) is 5.75 Å². The van der Waals surface area contributed by atoms with E-state index >= 15 is 0 Å². The van der Waals surface area contributed by atoms with Gasteiger partial charge < -0.3 is 19.8 Å². The van der Waals surface area contributed by atoms with Crippen LogP contribution in [0.1, 0.15) is 62.4 Å². The van der Waals surface area contributed by atoms with Gasteiger partial charge in [0.05, 0.1) is 17.4 Å². The number of pyridine rings is 1. The molecule has 5 heteroatoms. The first-order valence-electron chi connectivity index (χ1n) is 11.4. The summed E-state index contributed by atoms with van der Waals surface area (Å²) >= 11 is 0. The van der Waals surface area contributed by atoms with Crippen molar-refractivity contribution in [3.8, 4) is 5.75 Å². The lowest BCUT2D eigenvalue weighted by atomic mass is 9.90. The number of ether oxygens (including phenoxy) is 1. The molecule has 2 N–H and O–H groups in total. The molecule has 1 atom stereocenters. The lowest BCUT2D eigenvalue weighted by Gasteiger charge is -2.33. The van der Waals surface area contributed by atoms with E-state index in [1.165, 1.54) is 0 Å². The van der Waals surface area contributed by atoms with Gasteiger partial charge in [-0.15, -0.1) is 0 Å². The molecule has 0 saturated carbocycles. The van der Waals surface area contributed by atoms with E-state index in [9.17, 15) is 10.2 Å². The van der Waals surface area contributed by atoms with Crippen molar-refractivity contribution in [2.75, 3.05) is 19.6 Å². The molecule has 3 heterocycles. The maximum atomic E-state index is 10.6. The second-order valence-corrected chi connectivity index (χ2v) is 9.38. The van der Waals surface area contributed by atoms with Crippen LogP contribution in [0.3, 0.4) is 0 Å². The van der Waals surface area contributed by atoms with Crippen LogP contribution in [0.15, 0.2) is 42.6 Å². The van der Waals surface area contributed by atoms with E-state index < -0.39 is 5.60 Å². The Hall–Kier alpha value is -2.21. The Labute approximate surface area is 185 Å². The number of hydrogen-bond acceptors (Lipinski definition) is 5. The Bertz CT molecular complexity index is 938. The maximum Gasteiger partial charge on any atom is 0.131 e. The largest absolute Gasteiger partial charge is 0.487 e. The normalized spacial score (nSPS) is 20.0. The number of aliphatic hydroxyl groups excluding tert-OH is 1. The fraction of sp³-hybridized carbons (Fsp3) is 0.500. The highest BCUT2D eigenvalue weighted by Crippen LogP contribution is 2.38. The van der Waals surface area contributed by atoms with E-state index in [2.05, 4.69) is 28.1 Å². The molecule has 1 unspecified atom stereocenters. The molecule has 2 aliphatic heterocycles. The van der Waals surface area contributed by atoms with Crippen LogP contribution in [0.4, 0.5) is 0 Å². The Balaban J connectivity index is 1.60. The number of likely N-dealkylation sites (tertiary alicyclic amines) is 1. The Morgan fingerprint density at radius 1 is 1.23 bits per heavy atom. The van der Waals surface area contributed by atoms with Gasteiger partial charge in [-0.25, -0.2) is 0 Å². The standard InChI is InChI=1S/C26H34N2O3/c1-18(29)19-10-14-28(15-11-19)13-5-7-21-22-6-4-12-27-24(22)17-31-25-9-8-20(16-23(21)25)26(2,3)30/h4,6-9,12,16,18-19,29-30H,5,10-11,13-15,17H2,1-3H3/b21-7+. The van der Waals surface area contributed by atoms with E-state index in [0.717, 1.165) is 72.6 Å². The molecule has 0 bridgehead atoms. The molecule has 1 aromatic heterocycles. The minimum Gasteiger partial charge on any atom is -0.487 e. The Morgan fingerprint density at radius 2 is 2.00 bits per heavy atom. The SMILES string of the molecule is CC(O)C1CCN(CC/C=C2/c3cc(C(C)(C)O)ccc3OCc3ncccc32)CC1. The van der Waals surface area contributed by atoms with E-state index in [1.54, 1.807) is 0 Å². The van der Waals surface area contributed by atoms with Gasteiger partial charge in [0, 0.05) is 23.9 Å². The van der Waals surface area contributed by atoms with Crippen molar-refractivity contribution in [2.45, 2.75) is 58.3 Å². The first kappa shape index (κ1) is 22.0. The maximum absolute atomic E-state index is 10.6. The van der Waals surface area contributed by atoms with Crippen LogP contribution in [-0.2, 0) is 12.2 Å². The van der Waals surface area contributed by atoms with Crippen LogP contribution in [0.2, 0.25) is 0 Å². The number of aromatic nitrogens is 1. The quantitative estimate of drug-likeness (QED) is 0.759. The second kappa shape index (κ2) is 9.11. The van der Waals surface area contributed by atoms with Gasteiger partial charge in [0.25, 0.3) is 0 Å². The summed E-state index contributed by atoms with van der Waals surface area (Å²) in [5.41, 5.74) is 4.13. The van der Waals surface area contributed by atoms with E-state index in [0.29, 0.717) is 12.5 Å². The van der Waals surface area contributed by atoms with Gasteiger partial charge in [0.2, 0.25) is 0 Å². The van der Waals surface area contributed by atoms with Crippen LogP contribution in [0.25, 0.3) is 5.57 Å². The lowest BCUT2D eigenvalue weighted by Crippen LogP contribution is -2.37. The first-order chi connectivity index (χ1) is 14.8. The van der Waals surface area contributed by atoms with E-state index in [-0.39, 0.29) is 6.10 Å². The predicted molar refractivity (Wildman–Crippen MR) is 123 cm³/mol. The van der Waals surface area contributed by atoms with Crippen LogP contribution in [0, 0.1) is 5.92 Å². The summed E-state index contributed by atoms with van der Waals surface area (Å²) in [5, 5.41) is 20.4. The topological polar surface area (TPSA) is 65.8 Å². The van der Waals surface area contributed by atoms with Crippen molar-refractivity contribution in [1.82, 2.24) is 9.88 Å². The molecule has 0 amide bonds. The smallest absolute Gasteiger partial charge is 0.131 e. The van der Waals surface area contributed by atoms with Gasteiger partial charge in [0.1, 0.15) is 12.4 Å². The van der Waals surface area contributed by atoms with Crippen molar-refractivity contribution in [1.29, 1.82) is 0 Å². The third-order valence-corrected chi connectivity index (χ3v) is 6.63. The molecule has 31 heavy (non-hydrogen) atoms. The molecule has 0 radical (unpaired) electrons. The summed E-state index contributed by atoms with van der Waals surface area (Å²) in [7, 11) is 0. The summed E-state index contributed by atoms with van der Waals surface area (Å²) < 4.78 is 6.08. The number of aliphatic hydroxyl groups is 2. The molecule has 5 nitrogen and oxygen atoms in total. The zero-order chi connectivity index (χ0) is 22.0. The van der Waals surface area contributed by atoms with Crippen molar-refractivity contribution in [3.05, 3.63) is 65.0 Å². The summed E-state index contributed by atoms with van der Waals surface area (Å²) in [6.45, 7) is 9.04. The van der Waals surface area contributed by atoms with Crippen LogP contribution < -0.4 is 4.74 Å². The summed E-state index contributed by atoms with van der Waals surface area (Å²) in [4.78, 5) is 7.04. The lowest BCUT2D eigenvalue weighted by molar-refractivity contribution is 0.0725. The van der Waals surface area contributed by atoms with Gasteiger partial charge in [-0.2, -0.15) is 0 Å². The summed E-state index contributed by atoms with van der Waals surface area (Å²) in [6, 6.07) is 10.0. The highest BCUT2D eigenvalue weighted by Gasteiger charge is 2.25. The molecular formula is C26H34N2O3. The number of rotatable bonds is 5. The number of benzene rings is 1. The molecule has 1 aromatic carbocycles. The second-order valence-electron chi connectivity index (χ2n) is 9.38. The molecule has 0 aliphatic carbocycles. The summed E-state index contributed by atoms with van der Waals surface area (Å²) in [6.07, 6.45) is 6.95. The molecule has 166 valence electrons. The van der Waals surface area contributed by atoms with Crippen LogP contribution >= 0.6 is 0 Å². The third-order valence-electron chi connectivity index (χ3n) is 6.63. The predicted octanol–water partition coefficient (Wildman–Crippen LogP) is 4.12. The third kappa shape index (κ3) is 5.00. The Kier molecular flexibility index (Phi) is 6.47. The number of nitrogens with zero attached hydrogens (tertiary/aromatic N) is 2. The fourth-order valence-electron chi connectivity index (χ4n) is 4.61. The van der Waals surface area contributed by atoms with E-state index in [4.69, 9.17) is 4.74 Å². The summed E-state index contributed by atoms with van der Waals surface area (Å²) in [5.74, 6) is 1.26. The molecular weight excluding hydrogens is 388 g/mol. The number of hydrogen-bond donors (Lipinski definition) is 2. The van der Waals surface area contributed by atoms with Crippen molar-refractivity contribution >= 4 is 5.57 Å². The molecule has 0 spiro atoms. The molecule has 2 aromatic rings. The number of fused-ring (bicyclic) bond motifs is 2. The van der Waals surface area contributed by atoms with Gasteiger partial charge in [-0.3, -0.25) is 4.98 Å². The molecule has 1 fully saturated rings. The van der Waals surface area contributed by atoms with Crippen LogP contribution in [-0.4, -0.2) is 45.8 Å². The highest BCUT2D eigenvalue weighted by molar-refractivity contribution is 5.84. The van der Waals surface area contributed by atoms with E-state index in [1.807, 2.05) is 45.2 Å². The molecule has 4 rings (SSSR count). The van der Waals surface area contributed by atoms with Gasteiger partial charge >= 0.3 is 0 Å². The first-order valence-corrected chi connectivity index (χ1v) is 11.4. The average Bonchev–Trinajstić information content (AvgIpc) is 2.90. The molecule has 1 saturated heterocycles. The highest BCUT2D eigenvalue weighted by atomic mass is 16.5. The minimum absolute atomic E-state index is 0.208. The van der Waals surface area contributed by atoms with Gasteiger partial charge in [0.15, 0.2) is 0 Å². The molecule has 2 aliphatic rings. The van der Waals surface area contributed by atoms with Crippen molar-refractivity contribution < 1.29 is 14.9 Å². The van der Waals surface area contributed by atoms with Crippen molar-refractivity contribution in [3.63, 3.8) is 0 Å². The fourth-order valence-corrected chi connectivity index (χ4v) is 4.61. The minimum atomic E-state index is -0.918.